The van der Waals surface area contributed by atoms with Crippen LogP contribution in [0.15, 0.2) is 140 Å². The summed E-state index contributed by atoms with van der Waals surface area (Å²) in [5.74, 6) is 1.82. The number of hydrogen-bond donors (Lipinski definition) is 0. The van der Waals surface area contributed by atoms with Gasteiger partial charge in [-0.3, -0.25) is 9.13 Å². The molecule has 0 saturated carbocycles. The van der Waals surface area contributed by atoms with Crippen LogP contribution in [0.1, 0.15) is 25.0 Å². The van der Waals surface area contributed by atoms with E-state index in [1.807, 2.05) is 0 Å². The number of hydrogen-bond acceptors (Lipinski definition) is 3. The first kappa shape index (κ1) is 26.2. The minimum absolute atomic E-state index is 0.139. The lowest BCUT2D eigenvalue weighted by Crippen LogP contribution is -2.15. The zero-order chi connectivity index (χ0) is 31.3. The molecule has 6 aromatic carbocycles. The Morgan fingerprint density at radius 1 is 0.426 bits per heavy atom. The lowest BCUT2D eigenvalue weighted by atomic mass is 9.82. The van der Waals surface area contributed by atoms with Gasteiger partial charge in [-0.1, -0.05) is 123 Å². The maximum atomic E-state index is 5.28. The molecule has 0 atom stereocenters. The summed E-state index contributed by atoms with van der Waals surface area (Å²) in [6.45, 7) is 4.61. The molecule has 1 aliphatic carbocycles. The number of nitrogens with zero attached hydrogens (tertiary/aromatic N) is 5. The highest BCUT2D eigenvalue weighted by Crippen LogP contribution is 2.49. The molecule has 0 bridgehead atoms. The van der Waals surface area contributed by atoms with Gasteiger partial charge in [0.25, 0.3) is 0 Å². The van der Waals surface area contributed by atoms with Crippen LogP contribution in [0.4, 0.5) is 0 Å². The van der Waals surface area contributed by atoms with Crippen molar-refractivity contribution in [2.24, 2.45) is 0 Å². The maximum absolute atomic E-state index is 5.28. The van der Waals surface area contributed by atoms with Crippen LogP contribution in [0.2, 0.25) is 0 Å². The second-order valence-electron chi connectivity index (χ2n) is 12.9. The summed E-state index contributed by atoms with van der Waals surface area (Å²) in [6.07, 6.45) is 0. The van der Waals surface area contributed by atoms with Crippen molar-refractivity contribution < 1.29 is 0 Å². The van der Waals surface area contributed by atoms with E-state index in [0.29, 0.717) is 17.7 Å². The van der Waals surface area contributed by atoms with Crippen molar-refractivity contribution in [1.82, 2.24) is 24.1 Å². The first-order chi connectivity index (χ1) is 23.1. The molecular weight excluding hydrogens is 574 g/mol. The van der Waals surface area contributed by atoms with Gasteiger partial charge < -0.3 is 0 Å². The van der Waals surface area contributed by atoms with E-state index in [0.717, 1.165) is 27.6 Å². The molecule has 0 spiro atoms. The van der Waals surface area contributed by atoms with Crippen LogP contribution in [-0.4, -0.2) is 24.1 Å². The van der Waals surface area contributed by atoms with E-state index in [1.165, 1.54) is 43.8 Å². The number of benzene rings is 6. The van der Waals surface area contributed by atoms with E-state index in [1.54, 1.807) is 0 Å². The summed E-state index contributed by atoms with van der Waals surface area (Å²) in [4.78, 5) is 15.8. The Labute approximate surface area is 271 Å². The molecule has 0 aliphatic heterocycles. The van der Waals surface area contributed by atoms with Crippen LogP contribution in [0.25, 0.3) is 78.0 Å². The predicted octanol–water partition coefficient (Wildman–Crippen LogP) is 10.0. The van der Waals surface area contributed by atoms with Crippen molar-refractivity contribution in [1.29, 1.82) is 0 Å². The average Bonchev–Trinajstić information content (AvgIpc) is 3.72. The van der Waals surface area contributed by atoms with Gasteiger partial charge in [-0.2, -0.15) is 15.0 Å². The molecule has 0 unspecified atom stereocenters. The van der Waals surface area contributed by atoms with Gasteiger partial charge in [0.05, 0.1) is 22.1 Å². The summed E-state index contributed by atoms with van der Waals surface area (Å²) >= 11 is 0. The topological polar surface area (TPSA) is 48.5 Å². The third-order valence-corrected chi connectivity index (χ3v) is 10.0. The zero-order valence-electron chi connectivity index (χ0n) is 26.0. The highest BCUT2D eigenvalue weighted by Gasteiger charge is 2.35. The number of para-hydroxylation sites is 4. The number of fused-ring (bicyclic) bond motifs is 9. The number of aromatic nitrogens is 5. The summed E-state index contributed by atoms with van der Waals surface area (Å²) < 4.78 is 4.36. The summed E-state index contributed by atoms with van der Waals surface area (Å²) in [6, 6.07) is 49.4. The van der Waals surface area contributed by atoms with Crippen molar-refractivity contribution in [2.75, 3.05) is 0 Å². The van der Waals surface area contributed by atoms with Crippen molar-refractivity contribution >= 4 is 43.6 Å². The molecule has 47 heavy (non-hydrogen) atoms. The van der Waals surface area contributed by atoms with Crippen LogP contribution in [0.5, 0.6) is 0 Å². The predicted molar refractivity (Wildman–Crippen MR) is 192 cm³/mol. The minimum Gasteiger partial charge on any atom is -0.278 e. The largest absolute Gasteiger partial charge is 0.278 e. The van der Waals surface area contributed by atoms with Gasteiger partial charge in [-0.15, -0.1) is 0 Å². The third kappa shape index (κ3) is 3.62. The molecular formula is C42H29N5. The molecule has 0 amide bonds. The van der Waals surface area contributed by atoms with E-state index >= 15 is 0 Å². The average molecular weight is 604 g/mol. The van der Waals surface area contributed by atoms with Crippen LogP contribution in [0, 0.1) is 0 Å². The van der Waals surface area contributed by atoms with Crippen molar-refractivity contribution in [3.63, 3.8) is 0 Å². The van der Waals surface area contributed by atoms with Gasteiger partial charge >= 0.3 is 0 Å². The quantitative estimate of drug-likeness (QED) is 0.202. The lowest BCUT2D eigenvalue weighted by Gasteiger charge is -2.21. The minimum atomic E-state index is -0.139. The SMILES string of the molecule is CC1(C)c2ccccc2-c2ccc(-c3nc(-n4c5ccccc5c5ccccc54)nc(-n4c5ccccc5c5ccccc54)n3)cc21. The van der Waals surface area contributed by atoms with Crippen LogP contribution in [0.3, 0.4) is 0 Å². The Hall–Kier alpha value is -6.07. The highest BCUT2D eigenvalue weighted by molar-refractivity contribution is 6.10. The van der Waals surface area contributed by atoms with Crippen molar-refractivity contribution in [3.05, 3.63) is 151 Å². The van der Waals surface area contributed by atoms with Gasteiger partial charge in [-0.05, 0) is 52.6 Å². The molecule has 3 heterocycles. The van der Waals surface area contributed by atoms with E-state index in [9.17, 15) is 0 Å². The van der Waals surface area contributed by atoms with E-state index < -0.39 is 0 Å². The molecule has 1 aliphatic rings. The summed E-state index contributed by atoms with van der Waals surface area (Å²) in [5, 5.41) is 4.67. The zero-order valence-corrected chi connectivity index (χ0v) is 26.0. The molecule has 222 valence electrons. The molecule has 10 rings (SSSR count). The molecule has 0 N–H and O–H groups in total. The fourth-order valence-corrected chi connectivity index (χ4v) is 7.80. The van der Waals surface area contributed by atoms with Crippen LogP contribution < -0.4 is 0 Å². The summed E-state index contributed by atoms with van der Waals surface area (Å²) in [5.41, 5.74) is 10.3. The van der Waals surface area contributed by atoms with Gasteiger partial charge in [0.1, 0.15) is 0 Å². The fraction of sp³-hybridized carbons (Fsp3) is 0.0714. The third-order valence-electron chi connectivity index (χ3n) is 10.0. The van der Waals surface area contributed by atoms with Gasteiger partial charge in [0, 0.05) is 32.5 Å². The monoisotopic (exact) mass is 603 g/mol. The Bertz CT molecular complexity index is 2490. The second kappa shape index (κ2) is 9.47. The lowest BCUT2D eigenvalue weighted by molar-refractivity contribution is 0.660. The molecule has 0 saturated heterocycles. The first-order valence-corrected chi connectivity index (χ1v) is 16.1. The summed E-state index contributed by atoms with van der Waals surface area (Å²) in [7, 11) is 0. The van der Waals surface area contributed by atoms with Crippen molar-refractivity contribution in [3.8, 4) is 34.4 Å². The highest BCUT2D eigenvalue weighted by atomic mass is 15.3. The molecule has 5 nitrogen and oxygen atoms in total. The van der Waals surface area contributed by atoms with E-state index in [4.69, 9.17) is 15.0 Å². The Balaban J connectivity index is 1.29. The van der Waals surface area contributed by atoms with Crippen LogP contribution >= 0.6 is 0 Å². The molecule has 5 heteroatoms. The fourth-order valence-electron chi connectivity index (χ4n) is 7.80. The molecule has 9 aromatic rings. The molecule has 0 radical (unpaired) electrons. The molecule has 3 aromatic heterocycles. The van der Waals surface area contributed by atoms with E-state index in [2.05, 4.69) is 163 Å². The number of rotatable bonds is 3. The van der Waals surface area contributed by atoms with Gasteiger partial charge in [-0.25, -0.2) is 0 Å². The Morgan fingerprint density at radius 3 is 1.36 bits per heavy atom. The van der Waals surface area contributed by atoms with Gasteiger partial charge in [0.2, 0.25) is 11.9 Å². The maximum Gasteiger partial charge on any atom is 0.240 e. The second-order valence-corrected chi connectivity index (χ2v) is 12.9. The van der Waals surface area contributed by atoms with Crippen LogP contribution in [-0.2, 0) is 5.41 Å². The Kier molecular flexibility index (Phi) is 5.28. The van der Waals surface area contributed by atoms with Crippen molar-refractivity contribution in [2.45, 2.75) is 19.3 Å². The Morgan fingerprint density at radius 2 is 0.851 bits per heavy atom. The van der Waals surface area contributed by atoms with E-state index in [-0.39, 0.29) is 5.41 Å². The molecule has 0 fully saturated rings. The standard InChI is InChI=1S/C42H29N5/c1-42(2)33-18-8-3-13-27(33)28-24-23-26(25-34(28)42)39-43-40(46-35-19-9-4-14-29(35)30-15-5-10-20-36(30)46)45-41(44-39)47-37-21-11-6-16-31(37)32-17-7-12-22-38(32)47/h3-25H,1-2H3. The van der Waals surface area contributed by atoms with Gasteiger partial charge in [0.15, 0.2) is 5.82 Å². The first-order valence-electron chi connectivity index (χ1n) is 16.1. The normalized spacial score (nSPS) is 13.5. The smallest absolute Gasteiger partial charge is 0.240 e.